The first-order valence-electron chi connectivity index (χ1n) is 9.73. The molecule has 4 rings (SSSR count). The molecule has 8 heteroatoms. The van der Waals surface area contributed by atoms with Crippen LogP contribution in [0.1, 0.15) is 17.2 Å². The van der Waals surface area contributed by atoms with E-state index in [0.29, 0.717) is 34.4 Å². The molecule has 2 heterocycles. The average molecular weight is 449 g/mol. The second-order valence-corrected chi connectivity index (χ2v) is 7.76. The van der Waals surface area contributed by atoms with Crippen molar-refractivity contribution >= 4 is 33.9 Å². The Kier molecular flexibility index (Phi) is 6.04. The highest BCUT2D eigenvalue weighted by Crippen LogP contribution is 2.43. The minimum Gasteiger partial charge on any atom is -0.507 e. The fourth-order valence-corrected chi connectivity index (χ4v) is 4.17. The van der Waals surface area contributed by atoms with E-state index in [1.165, 1.54) is 23.3 Å². The Balaban J connectivity index is 1.86. The van der Waals surface area contributed by atoms with E-state index >= 15 is 0 Å². The maximum atomic E-state index is 13.1. The standard InChI is InChI=1S/C24H20N2O5S/c1-3-12-31-17-9-7-15(8-10-17)20-19(21(27)16-5-4-6-18(14-16)30-2)22(28)23(29)26(20)24-25-11-13-32-24/h3-11,13-14,20,27H,1,12H2,2H3/b21-19+. The molecule has 0 radical (unpaired) electrons. The third-order valence-electron chi connectivity index (χ3n) is 4.98. The van der Waals surface area contributed by atoms with Crippen LogP contribution in [0.25, 0.3) is 5.76 Å². The lowest BCUT2D eigenvalue weighted by Crippen LogP contribution is -2.29. The zero-order valence-corrected chi connectivity index (χ0v) is 18.0. The molecule has 162 valence electrons. The quantitative estimate of drug-likeness (QED) is 0.250. The SMILES string of the molecule is C=CCOc1ccc(C2/C(=C(\O)c3cccc(OC)c3)C(=O)C(=O)N2c2nccs2)cc1. The lowest BCUT2D eigenvalue weighted by atomic mass is 9.95. The molecule has 1 aliphatic heterocycles. The summed E-state index contributed by atoms with van der Waals surface area (Å²) >= 11 is 1.24. The van der Waals surface area contributed by atoms with Crippen molar-refractivity contribution < 1.29 is 24.2 Å². The summed E-state index contributed by atoms with van der Waals surface area (Å²) < 4.78 is 10.8. The predicted molar refractivity (Wildman–Crippen MR) is 122 cm³/mol. The number of anilines is 1. The zero-order chi connectivity index (χ0) is 22.7. The van der Waals surface area contributed by atoms with Crippen LogP contribution in [-0.4, -0.2) is 35.5 Å². The van der Waals surface area contributed by atoms with Gasteiger partial charge in [-0.25, -0.2) is 4.98 Å². The van der Waals surface area contributed by atoms with Gasteiger partial charge in [0, 0.05) is 17.1 Å². The van der Waals surface area contributed by atoms with Gasteiger partial charge in [-0.1, -0.05) is 36.9 Å². The van der Waals surface area contributed by atoms with Crippen LogP contribution in [0.5, 0.6) is 11.5 Å². The van der Waals surface area contributed by atoms with Crippen LogP contribution in [0.4, 0.5) is 5.13 Å². The van der Waals surface area contributed by atoms with Crippen LogP contribution in [0.15, 0.2) is 78.3 Å². The van der Waals surface area contributed by atoms with Gasteiger partial charge in [-0.3, -0.25) is 14.5 Å². The van der Waals surface area contributed by atoms with E-state index in [9.17, 15) is 14.7 Å². The van der Waals surface area contributed by atoms with Crippen molar-refractivity contribution in [3.05, 3.63) is 89.5 Å². The first kappa shape index (κ1) is 21.3. The monoisotopic (exact) mass is 448 g/mol. The number of thiazole rings is 1. The number of benzene rings is 2. The van der Waals surface area contributed by atoms with E-state index in [-0.39, 0.29) is 11.3 Å². The van der Waals surface area contributed by atoms with E-state index in [2.05, 4.69) is 11.6 Å². The van der Waals surface area contributed by atoms with Gasteiger partial charge >= 0.3 is 5.91 Å². The maximum Gasteiger partial charge on any atom is 0.301 e. The van der Waals surface area contributed by atoms with Crippen LogP contribution >= 0.6 is 11.3 Å². The van der Waals surface area contributed by atoms with E-state index in [0.717, 1.165) is 0 Å². The molecule has 1 N–H and O–H groups in total. The van der Waals surface area contributed by atoms with Crippen LogP contribution in [-0.2, 0) is 9.59 Å². The van der Waals surface area contributed by atoms with Crippen molar-refractivity contribution in [3.8, 4) is 11.5 Å². The van der Waals surface area contributed by atoms with Gasteiger partial charge < -0.3 is 14.6 Å². The normalized spacial score (nSPS) is 17.4. The Labute approximate surface area is 188 Å². The molecule has 1 fully saturated rings. The summed E-state index contributed by atoms with van der Waals surface area (Å²) in [6.07, 6.45) is 3.20. The van der Waals surface area contributed by atoms with Crippen molar-refractivity contribution in [1.82, 2.24) is 4.98 Å². The molecule has 3 aromatic rings. The highest BCUT2D eigenvalue weighted by Gasteiger charge is 2.48. The molecule has 7 nitrogen and oxygen atoms in total. The summed E-state index contributed by atoms with van der Waals surface area (Å²) in [7, 11) is 1.51. The number of methoxy groups -OCH3 is 1. The minimum atomic E-state index is -0.846. The number of amides is 1. The number of hydrogen-bond acceptors (Lipinski definition) is 7. The number of aliphatic hydroxyl groups is 1. The zero-order valence-electron chi connectivity index (χ0n) is 17.2. The van der Waals surface area contributed by atoms with Crippen LogP contribution in [0, 0.1) is 0 Å². The van der Waals surface area contributed by atoms with Crippen LogP contribution in [0.3, 0.4) is 0 Å². The number of ether oxygens (including phenoxy) is 2. The summed E-state index contributed by atoms with van der Waals surface area (Å²) in [6, 6.07) is 12.8. The number of ketones is 1. The van der Waals surface area contributed by atoms with Crippen molar-refractivity contribution in [2.75, 3.05) is 18.6 Å². The fraction of sp³-hybridized carbons (Fsp3) is 0.125. The Morgan fingerprint density at radius 1 is 1.22 bits per heavy atom. The van der Waals surface area contributed by atoms with Crippen LogP contribution < -0.4 is 14.4 Å². The highest BCUT2D eigenvalue weighted by atomic mass is 32.1. The molecule has 1 saturated heterocycles. The Morgan fingerprint density at radius 3 is 2.66 bits per heavy atom. The molecule has 1 aromatic heterocycles. The van der Waals surface area contributed by atoms with Gasteiger partial charge in [0.2, 0.25) is 0 Å². The molecule has 32 heavy (non-hydrogen) atoms. The molecule has 1 amide bonds. The number of nitrogens with zero attached hydrogens (tertiary/aromatic N) is 2. The van der Waals surface area contributed by atoms with E-state index in [1.807, 2.05) is 0 Å². The summed E-state index contributed by atoms with van der Waals surface area (Å²) in [4.78, 5) is 31.6. The topological polar surface area (TPSA) is 89.0 Å². The lowest BCUT2D eigenvalue weighted by molar-refractivity contribution is -0.132. The van der Waals surface area contributed by atoms with Gasteiger partial charge in [-0.15, -0.1) is 11.3 Å². The first-order valence-corrected chi connectivity index (χ1v) is 10.6. The van der Waals surface area contributed by atoms with Gasteiger partial charge in [0.1, 0.15) is 23.9 Å². The number of Topliss-reactive ketones (excluding diaryl/α,β-unsaturated/α-hetero) is 1. The van der Waals surface area contributed by atoms with E-state index in [1.54, 1.807) is 66.2 Å². The number of hydrogen-bond donors (Lipinski definition) is 1. The largest absolute Gasteiger partial charge is 0.507 e. The van der Waals surface area contributed by atoms with Crippen molar-refractivity contribution in [1.29, 1.82) is 0 Å². The number of aromatic nitrogens is 1. The number of rotatable bonds is 7. The third-order valence-corrected chi connectivity index (χ3v) is 5.75. The maximum absolute atomic E-state index is 13.1. The van der Waals surface area contributed by atoms with E-state index < -0.39 is 17.7 Å². The molecule has 0 spiro atoms. The van der Waals surface area contributed by atoms with Crippen molar-refractivity contribution in [2.45, 2.75) is 6.04 Å². The number of aliphatic hydroxyl groups excluding tert-OH is 1. The molecule has 0 saturated carbocycles. The Morgan fingerprint density at radius 2 is 2.00 bits per heavy atom. The summed E-state index contributed by atoms with van der Waals surface area (Å²) in [5, 5.41) is 13.2. The van der Waals surface area contributed by atoms with Crippen LogP contribution in [0.2, 0.25) is 0 Å². The lowest BCUT2D eigenvalue weighted by Gasteiger charge is -2.23. The minimum absolute atomic E-state index is 0.0155. The molecule has 0 aliphatic carbocycles. The van der Waals surface area contributed by atoms with Crippen molar-refractivity contribution in [2.24, 2.45) is 0 Å². The summed E-state index contributed by atoms with van der Waals surface area (Å²) in [5.74, 6) is -0.673. The first-order chi connectivity index (χ1) is 15.5. The highest BCUT2D eigenvalue weighted by molar-refractivity contribution is 7.14. The molecular formula is C24H20N2O5S. The van der Waals surface area contributed by atoms with E-state index in [4.69, 9.17) is 9.47 Å². The number of carbonyl (C=O) groups is 2. The average Bonchev–Trinajstić information content (AvgIpc) is 3.44. The summed E-state index contributed by atoms with van der Waals surface area (Å²) in [5.41, 5.74) is 0.991. The Bertz CT molecular complexity index is 1190. The fourth-order valence-electron chi connectivity index (χ4n) is 3.51. The molecule has 0 bridgehead atoms. The molecule has 1 aliphatic rings. The second kappa shape index (κ2) is 9.07. The molecule has 1 unspecified atom stereocenters. The van der Waals surface area contributed by atoms with Gasteiger partial charge in [0.15, 0.2) is 5.13 Å². The number of carbonyl (C=O) groups excluding carboxylic acids is 2. The smallest absolute Gasteiger partial charge is 0.301 e. The molecule has 1 atom stereocenters. The second-order valence-electron chi connectivity index (χ2n) is 6.88. The Hall–Kier alpha value is -3.91. The molecule has 2 aromatic carbocycles. The van der Waals surface area contributed by atoms with Gasteiger partial charge in [0.05, 0.1) is 18.7 Å². The molecular weight excluding hydrogens is 428 g/mol. The van der Waals surface area contributed by atoms with Gasteiger partial charge in [-0.05, 0) is 29.8 Å². The predicted octanol–water partition coefficient (Wildman–Crippen LogP) is 4.34. The van der Waals surface area contributed by atoms with Gasteiger partial charge in [0.25, 0.3) is 5.78 Å². The third kappa shape index (κ3) is 3.88. The van der Waals surface area contributed by atoms with Crippen molar-refractivity contribution in [3.63, 3.8) is 0 Å². The summed E-state index contributed by atoms with van der Waals surface area (Å²) in [6.45, 7) is 3.98. The van der Waals surface area contributed by atoms with Gasteiger partial charge in [-0.2, -0.15) is 0 Å².